The first-order chi connectivity index (χ1) is 16.7. The van der Waals surface area contributed by atoms with Crippen molar-refractivity contribution in [3.8, 4) is 16.9 Å². The summed E-state index contributed by atoms with van der Waals surface area (Å²) >= 11 is 0. The molecule has 5 nitrogen and oxygen atoms in total. The fourth-order valence-electron chi connectivity index (χ4n) is 4.79. The molecule has 1 N–H and O–H groups in total. The van der Waals surface area contributed by atoms with E-state index in [0.29, 0.717) is 12.0 Å². The number of carbonyl (C=O) groups is 1. The quantitative estimate of drug-likeness (QED) is 0.420. The minimum absolute atomic E-state index is 0.0257. The first-order valence-electron chi connectivity index (χ1n) is 12.5. The van der Waals surface area contributed by atoms with Gasteiger partial charge in [-0.2, -0.15) is 0 Å². The number of rotatable bonds is 8. The Morgan fingerprint density at radius 1 is 1.09 bits per heavy atom. The van der Waals surface area contributed by atoms with Crippen LogP contribution >= 0.6 is 0 Å². The molecule has 1 aromatic heterocycles. The number of ether oxygens (including phenoxy) is 1. The van der Waals surface area contributed by atoms with E-state index in [0.717, 1.165) is 66.2 Å². The summed E-state index contributed by atoms with van der Waals surface area (Å²) in [6.07, 6.45) is 4.88. The lowest BCUT2D eigenvalue weighted by Gasteiger charge is -2.40. The molecule has 2 heterocycles. The second-order valence-electron chi connectivity index (χ2n) is 10.4. The van der Waals surface area contributed by atoms with Crippen LogP contribution in [-0.4, -0.2) is 35.8 Å². The van der Waals surface area contributed by atoms with Crippen LogP contribution in [0, 0.1) is 19.3 Å². The van der Waals surface area contributed by atoms with Gasteiger partial charge in [0.05, 0.1) is 18.7 Å². The minimum Gasteiger partial charge on any atom is -0.493 e. The molecule has 1 aliphatic rings. The van der Waals surface area contributed by atoms with Gasteiger partial charge in [0.1, 0.15) is 5.75 Å². The molecule has 1 aliphatic heterocycles. The molecular formula is C30H36N2O3. The molecule has 35 heavy (non-hydrogen) atoms. The van der Waals surface area contributed by atoms with Crippen LogP contribution in [-0.2, 0) is 17.6 Å². The number of carboxylic acid groups (broad SMARTS) is 1. The van der Waals surface area contributed by atoms with Crippen LogP contribution in [0.25, 0.3) is 11.1 Å². The fourth-order valence-corrected chi connectivity index (χ4v) is 4.79. The Morgan fingerprint density at radius 2 is 1.80 bits per heavy atom. The van der Waals surface area contributed by atoms with Crippen LogP contribution < -0.4 is 9.64 Å². The van der Waals surface area contributed by atoms with E-state index >= 15 is 0 Å². The number of aromatic nitrogens is 1. The average molecular weight is 473 g/mol. The fraction of sp³-hybridized carbons (Fsp3) is 0.400. The van der Waals surface area contributed by atoms with Crippen molar-refractivity contribution < 1.29 is 14.6 Å². The van der Waals surface area contributed by atoms with Crippen molar-refractivity contribution in [3.05, 3.63) is 77.1 Å². The molecule has 2 aromatic carbocycles. The van der Waals surface area contributed by atoms with Gasteiger partial charge in [0.25, 0.3) is 0 Å². The van der Waals surface area contributed by atoms with Crippen LogP contribution in [0.2, 0.25) is 0 Å². The summed E-state index contributed by atoms with van der Waals surface area (Å²) in [6, 6.07) is 16.6. The van der Waals surface area contributed by atoms with Crippen molar-refractivity contribution in [2.45, 2.75) is 53.4 Å². The molecule has 0 radical (unpaired) electrons. The normalized spacial score (nSPS) is 15.1. The van der Waals surface area contributed by atoms with Crippen molar-refractivity contribution in [2.75, 3.05) is 24.6 Å². The van der Waals surface area contributed by atoms with Gasteiger partial charge in [0.15, 0.2) is 0 Å². The summed E-state index contributed by atoms with van der Waals surface area (Å²) < 4.78 is 6.00. The lowest BCUT2D eigenvalue weighted by molar-refractivity contribution is -0.136. The van der Waals surface area contributed by atoms with Crippen molar-refractivity contribution in [1.82, 2.24) is 4.98 Å². The zero-order valence-electron chi connectivity index (χ0n) is 21.3. The van der Waals surface area contributed by atoms with E-state index in [2.05, 4.69) is 67.1 Å². The standard InChI is InChI=1S/C30H36N2O3/c1-21-6-5-7-23(18-21)12-17-35-25-10-8-24(9-11-25)27-20-31-22(2)26(19-28(33)34)29(27)32-15-13-30(3,4)14-16-32/h5-11,18,20H,12-17,19H2,1-4H3,(H,33,34). The van der Waals surface area contributed by atoms with Gasteiger partial charge in [0, 0.05) is 42.5 Å². The van der Waals surface area contributed by atoms with Gasteiger partial charge in [-0.05, 0) is 55.4 Å². The van der Waals surface area contributed by atoms with Gasteiger partial charge < -0.3 is 14.7 Å². The molecule has 3 aromatic rings. The van der Waals surface area contributed by atoms with Gasteiger partial charge in [-0.1, -0.05) is 55.8 Å². The highest BCUT2D eigenvalue weighted by Gasteiger charge is 2.29. The van der Waals surface area contributed by atoms with Gasteiger partial charge in [-0.3, -0.25) is 9.78 Å². The topological polar surface area (TPSA) is 62.7 Å². The number of aliphatic carboxylic acids is 1. The highest BCUT2D eigenvalue weighted by atomic mass is 16.5. The van der Waals surface area contributed by atoms with E-state index in [9.17, 15) is 9.90 Å². The van der Waals surface area contributed by atoms with Crippen LogP contribution in [0.1, 0.15) is 49.1 Å². The average Bonchev–Trinajstić information content (AvgIpc) is 2.81. The predicted octanol–water partition coefficient (Wildman–Crippen LogP) is 6.24. The number of anilines is 1. The molecule has 0 spiro atoms. The number of carboxylic acids is 1. The molecule has 1 fully saturated rings. The summed E-state index contributed by atoms with van der Waals surface area (Å²) in [5.74, 6) is -0.00324. The minimum atomic E-state index is -0.831. The molecular weight excluding hydrogens is 436 g/mol. The van der Waals surface area contributed by atoms with Crippen molar-refractivity contribution in [2.24, 2.45) is 5.41 Å². The molecule has 0 bridgehead atoms. The molecule has 0 amide bonds. The third-order valence-electron chi connectivity index (χ3n) is 7.03. The summed E-state index contributed by atoms with van der Waals surface area (Å²) in [6.45, 7) is 11.1. The number of aryl methyl sites for hydroxylation is 2. The van der Waals surface area contributed by atoms with E-state index in [1.165, 1.54) is 11.1 Å². The number of hydrogen-bond donors (Lipinski definition) is 1. The van der Waals surface area contributed by atoms with Crippen LogP contribution in [0.15, 0.2) is 54.7 Å². The highest BCUT2D eigenvalue weighted by Crippen LogP contribution is 2.40. The van der Waals surface area contributed by atoms with Crippen molar-refractivity contribution in [3.63, 3.8) is 0 Å². The SMILES string of the molecule is Cc1cccc(CCOc2ccc(-c3cnc(C)c(CC(=O)O)c3N3CCC(C)(C)CC3)cc2)c1. The Morgan fingerprint density at radius 3 is 2.46 bits per heavy atom. The number of piperidine rings is 1. The maximum Gasteiger partial charge on any atom is 0.307 e. The monoisotopic (exact) mass is 472 g/mol. The second kappa shape index (κ2) is 10.5. The van der Waals surface area contributed by atoms with Gasteiger partial charge in [0.2, 0.25) is 0 Å². The number of nitrogens with zero attached hydrogens (tertiary/aromatic N) is 2. The third kappa shape index (κ3) is 6.21. The number of benzene rings is 2. The van der Waals surface area contributed by atoms with E-state index in [1.807, 2.05) is 25.3 Å². The lowest BCUT2D eigenvalue weighted by atomic mass is 9.82. The van der Waals surface area contributed by atoms with E-state index in [-0.39, 0.29) is 6.42 Å². The number of hydrogen-bond acceptors (Lipinski definition) is 4. The van der Waals surface area contributed by atoms with Crippen LogP contribution in [0.3, 0.4) is 0 Å². The molecule has 0 atom stereocenters. The smallest absolute Gasteiger partial charge is 0.307 e. The first kappa shape index (κ1) is 24.8. The molecule has 184 valence electrons. The lowest BCUT2D eigenvalue weighted by Crippen LogP contribution is -2.38. The van der Waals surface area contributed by atoms with Crippen LogP contribution in [0.4, 0.5) is 5.69 Å². The Kier molecular flexibility index (Phi) is 7.44. The zero-order valence-corrected chi connectivity index (χ0v) is 21.3. The summed E-state index contributed by atoms with van der Waals surface area (Å²) in [4.78, 5) is 18.7. The summed E-state index contributed by atoms with van der Waals surface area (Å²) in [7, 11) is 0. The van der Waals surface area contributed by atoms with E-state index in [4.69, 9.17) is 4.74 Å². The number of pyridine rings is 1. The second-order valence-corrected chi connectivity index (χ2v) is 10.4. The largest absolute Gasteiger partial charge is 0.493 e. The van der Waals surface area contributed by atoms with Gasteiger partial charge >= 0.3 is 5.97 Å². The molecule has 0 saturated carbocycles. The zero-order chi connectivity index (χ0) is 25.0. The van der Waals surface area contributed by atoms with E-state index in [1.54, 1.807) is 0 Å². The maximum atomic E-state index is 11.7. The first-order valence-corrected chi connectivity index (χ1v) is 12.5. The Hall–Kier alpha value is -3.34. The Bertz CT molecular complexity index is 1170. The van der Waals surface area contributed by atoms with Gasteiger partial charge in [-0.25, -0.2) is 0 Å². The molecule has 0 aliphatic carbocycles. The maximum absolute atomic E-state index is 11.7. The predicted molar refractivity (Wildman–Crippen MR) is 141 cm³/mol. The summed E-state index contributed by atoms with van der Waals surface area (Å²) in [5.41, 5.74) is 7.46. The Labute approximate surface area is 208 Å². The Balaban J connectivity index is 1.57. The summed E-state index contributed by atoms with van der Waals surface area (Å²) in [5, 5.41) is 9.61. The molecule has 4 rings (SSSR count). The molecule has 1 saturated heterocycles. The van der Waals surface area contributed by atoms with Crippen molar-refractivity contribution >= 4 is 11.7 Å². The van der Waals surface area contributed by atoms with Gasteiger partial charge in [-0.15, -0.1) is 0 Å². The highest BCUT2D eigenvalue weighted by molar-refractivity contribution is 5.84. The molecule has 0 unspecified atom stereocenters. The van der Waals surface area contributed by atoms with Crippen molar-refractivity contribution in [1.29, 1.82) is 0 Å². The van der Waals surface area contributed by atoms with Crippen LogP contribution in [0.5, 0.6) is 5.75 Å². The molecule has 5 heteroatoms. The van der Waals surface area contributed by atoms with E-state index < -0.39 is 5.97 Å². The third-order valence-corrected chi connectivity index (χ3v) is 7.03.